The lowest BCUT2D eigenvalue weighted by molar-refractivity contribution is -0.117. The molecule has 2 heterocycles. The normalized spacial score (nSPS) is 10.7. The first-order valence-electron chi connectivity index (χ1n) is 7.68. The fourth-order valence-corrected chi connectivity index (χ4v) is 2.34. The van der Waals surface area contributed by atoms with Crippen molar-refractivity contribution in [3.8, 4) is 0 Å². The van der Waals surface area contributed by atoms with Crippen LogP contribution in [0.2, 0.25) is 0 Å². The van der Waals surface area contributed by atoms with Gasteiger partial charge in [0.05, 0.1) is 6.20 Å². The van der Waals surface area contributed by atoms with E-state index in [4.69, 9.17) is 0 Å². The van der Waals surface area contributed by atoms with E-state index in [1.165, 1.54) is 15.9 Å². The lowest BCUT2D eigenvalue weighted by Gasteiger charge is -2.09. The molecule has 0 saturated heterocycles. The number of fused-ring (bicyclic) bond motifs is 1. The summed E-state index contributed by atoms with van der Waals surface area (Å²) in [5, 5.41) is 14.4. The number of benzene rings is 1. The predicted molar refractivity (Wildman–Crippen MR) is 94.4 cm³/mol. The van der Waals surface area contributed by atoms with Gasteiger partial charge in [-0.1, -0.05) is 0 Å². The number of hydrogen-bond acceptors (Lipinski definition) is 4. The van der Waals surface area contributed by atoms with E-state index < -0.39 is 0 Å². The molecule has 0 bridgehead atoms. The van der Waals surface area contributed by atoms with Crippen molar-refractivity contribution in [1.82, 2.24) is 24.9 Å². The summed E-state index contributed by atoms with van der Waals surface area (Å²) in [7, 11) is 3.24. The molecule has 3 aromatic rings. The van der Waals surface area contributed by atoms with Gasteiger partial charge in [-0.2, -0.15) is 9.90 Å². The van der Waals surface area contributed by atoms with Crippen LogP contribution in [0.25, 0.3) is 10.9 Å². The number of aromatic amines is 1. The molecule has 25 heavy (non-hydrogen) atoms. The van der Waals surface area contributed by atoms with E-state index >= 15 is 0 Å². The number of hydrogen-bond donors (Lipinski definition) is 3. The van der Waals surface area contributed by atoms with Gasteiger partial charge in [-0.05, 0) is 31.2 Å². The highest BCUT2D eigenvalue weighted by Crippen LogP contribution is 2.19. The lowest BCUT2D eigenvalue weighted by Crippen LogP contribution is -2.27. The first kappa shape index (κ1) is 16.5. The zero-order chi connectivity index (χ0) is 18.0. The molecule has 0 spiro atoms. The molecule has 130 valence electrons. The van der Waals surface area contributed by atoms with Crippen molar-refractivity contribution in [2.45, 2.75) is 13.5 Å². The monoisotopic (exact) mass is 341 g/mol. The summed E-state index contributed by atoms with van der Waals surface area (Å²) in [5.41, 5.74) is 2.78. The third-order valence-corrected chi connectivity index (χ3v) is 3.50. The van der Waals surface area contributed by atoms with Crippen molar-refractivity contribution in [2.24, 2.45) is 0 Å². The highest BCUT2D eigenvalue weighted by molar-refractivity contribution is 5.93. The Labute approximate surface area is 144 Å². The van der Waals surface area contributed by atoms with Gasteiger partial charge in [-0.25, -0.2) is 4.79 Å². The SMILES string of the molecule is Cc1cc2cc(NC(=O)Cn3ncc(NC(=O)N(C)C)n3)ccc2[nH]1. The maximum absolute atomic E-state index is 12.1. The number of nitrogens with zero attached hydrogens (tertiary/aromatic N) is 4. The summed E-state index contributed by atoms with van der Waals surface area (Å²) >= 11 is 0. The standard InChI is InChI=1S/C16H19N7O2/c1-10-6-11-7-12(4-5-13(11)18-10)19-15(24)9-23-17-8-14(21-23)20-16(25)22(2)3/h4-8,18H,9H2,1-3H3,(H,19,24)(H,20,21,25). The summed E-state index contributed by atoms with van der Waals surface area (Å²) in [4.78, 5) is 29.5. The van der Waals surface area contributed by atoms with Gasteiger partial charge in [0, 0.05) is 36.4 Å². The van der Waals surface area contributed by atoms with Crippen molar-refractivity contribution >= 4 is 34.3 Å². The van der Waals surface area contributed by atoms with Gasteiger partial charge in [0.2, 0.25) is 5.91 Å². The Morgan fingerprint density at radius 2 is 2.04 bits per heavy atom. The minimum absolute atomic E-state index is 0.0535. The zero-order valence-electron chi connectivity index (χ0n) is 14.2. The molecule has 3 amide bonds. The molecule has 0 saturated carbocycles. The third kappa shape index (κ3) is 3.94. The second-order valence-electron chi connectivity index (χ2n) is 5.89. The highest BCUT2D eigenvalue weighted by atomic mass is 16.2. The van der Waals surface area contributed by atoms with Crippen molar-refractivity contribution in [3.05, 3.63) is 36.2 Å². The molecule has 0 unspecified atom stereocenters. The number of H-pyrrole nitrogens is 1. The fraction of sp³-hybridized carbons (Fsp3) is 0.250. The van der Waals surface area contributed by atoms with Crippen molar-refractivity contribution in [3.63, 3.8) is 0 Å². The third-order valence-electron chi connectivity index (χ3n) is 3.50. The number of aryl methyl sites for hydroxylation is 1. The second kappa shape index (κ2) is 6.63. The Balaban J connectivity index is 1.61. The van der Waals surface area contributed by atoms with E-state index in [2.05, 4.69) is 25.8 Å². The van der Waals surface area contributed by atoms with Crippen molar-refractivity contribution in [2.75, 3.05) is 24.7 Å². The minimum Gasteiger partial charge on any atom is -0.359 e. The molecule has 9 nitrogen and oxygen atoms in total. The Morgan fingerprint density at radius 3 is 2.80 bits per heavy atom. The first-order valence-corrected chi connectivity index (χ1v) is 7.68. The fourth-order valence-electron chi connectivity index (χ4n) is 2.34. The first-order chi connectivity index (χ1) is 11.9. The number of urea groups is 1. The molecular formula is C16H19N7O2. The van der Waals surface area contributed by atoms with Crippen LogP contribution in [0.1, 0.15) is 5.69 Å². The van der Waals surface area contributed by atoms with Crippen LogP contribution in [0.5, 0.6) is 0 Å². The number of nitrogens with one attached hydrogen (secondary N) is 3. The molecule has 9 heteroatoms. The number of rotatable bonds is 4. The Morgan fingerprint density at radius 1 is 1.24 bits per heavy atom. The summed E-state index contributed by atoms with van der Waals surface area (Å²) < 4.78 is 0. The highest BCUT2D eigenvalue weighted by Gasteiger charge is 2.10. The van der Waals surface area contributed by atoms with Crippen LogP contribution in [-0.2, 0) is 11.3 Å². The molecular weight excluding hydrogens is 322 g/mol. The Bertz CT molecular complexity index is 926. The van der Waals surface area contributed by atoms with E-state index in [-0.39, 0.29) is 24.3 Å². The largest absolute Gasteiger partial charge is 0.359 e. The van der Waals surface area contributed by atoms with Gasteiger partial charge in [0.15, 0.2) is 5.82 Å². The quantitative estimate of drug-likeness (QED) is 0.672. The Kier molecular flexibility index (Phi) is 4.38. The lowest BCUT2D eigenvalue weighted by atomic mass is 10.2. The molecule has 0 radical (unpaired) electrons. The smallest absolute Gasteiger partial charge is 0.322 e. The van der Waals surface area contributed by atoms with Crippen LogP contribution in [0, 0.1) is 6.92 Å². The maximum atomic E-state index is 12.1. The zero-order valence-corrected chi connectivity index (χ0v) is 14.2. The van der Waals surface area contributed by atoms with Crippen LogP contribution in [0.15, 0.2) is 30.5 Å². The molecule has 3 N–H and O–H groups in total. The number of amides is 3. The maximum Gasteiger partial charge on any atom is 0.322 e. The molecule has 0 aliphatic heterocycles. The van der Waals surface area contributed by atoms with Crippen LogP contribution in [0.3, 0.4) is 0 Å². The van der Waals surface area contributed by atoms with Crippen LogP contribution in [0.4, 0.5) is 16.3 Å². The van der Waals surface area contributed by atoms with E-state index in [0.29, 0.717) is 5.69 Å². The van der Waals surface area contributed by atoms with Gasteiger partial charge >= 0.3 is 6.03 Å². The van der Waals surface area contributed by atoms with Crippen molar-refractivity contribution < 1.29 is 9.59 Å². The summed E-state index contributed by atoms with van der Waals surface area (Å²) in [6, 6.07) is 7.34. The van der Waals surface area contributed by atoms with Gasteiger partial charge in [0.25, 0.3) is 0 Å². The number of anilines is 2. The molecule has 1 aromatic carbocycles. The molecule has 3 rings (SSSR count). The second-order valence-corrected chi connectivity index (χ2v) is 5.89. The summed E-state index contributed by atoms with van der Waals surface area (Å²) in [6.07, 6.45) is 1.39. The Hall–Kier alpha value is -3.36. The average Bonchev–Trinajstić information content (AvgIpc) is 3.11. The predicted octanol–water partition coefficient (Wildman–Crippen LogP) is 1.80. The van der Waals surface area contributed by atoms with E-state index in [1.807, 2.05) is 31.2 Å². The van der Waals surface area contributed by atoms with Crippen LogP contribution < -0.4 is 10.6 Å². The van der Waals surface area contributed by atoms with Gasteiger partial charge in [-0.15, -0.1) is 5.10 Å². The molecule has 0 fully saturated rings. The van der Waals surface area contributed by atoms with E-state index in [0.717, 1.165) is 16.6 Å². The summed E-state index contributed by atoms with van der Waals surface area (Å²) in [5.74, 6) is 0.0309. The van der Waals surface area contributed by atoms with E-state index in [1.54, 1.807) is 14.1 Å². The number of carbonyl (C=O) groups is 2. The van der Waals surface area contributed by atoms with Crippen LogP contribution >= 0.6 is 0 Å². The van der Waals surface area contributed by atoms with Crippen molar-refractivity contribution in [1.29, 1.82) is 0 Å². The number of carbonyl (C=O) groups excluding carboxylic acids is 2. The van der Waals surface area contributed by atoms with Crippen LogP contribution in [-0.4, -0.2) is 50.9 Å². The molecule has 0 atom stereocenters. The minimum atomic E-state index is -0.313. The molecule has 0 aliphatic rings. The molecule has 0 aliphatic carbocycles. The number of aromatic nitrogens is 4. The van der Waals surface area contributed by atoms with Gasteiger partial charge in [-0.3, -0.25) is 10.1 Å². The molecule has 2 aromatic heterocycles. The van der Waals surface area contributed by atoms with Gasteiger partial charge < -0.3 is 15.2 Å². The van der Waals surface area contributed by atoms with E-state index in [9.17, 15) is 9.59 Å². The topological polar surface area (TPSA) is 108 Å². The van der Waals surface area contributed by atoms with Gasteiger partial charge in [0.1, 0.15) is 6.54 Å². The summed E-state index contributed by atoms with van der Waals surface area (Å²) in [6.45, 7) is 1.93. The average molecular weight is 341 g/mol.